The van der Waals surface area contributed by atoms with E-state index in [9.17, 15) is 0 Å². The van der Waals surface area contributed by atoms with Gasteiger partial charge in [0.15, 0.2) is 0 Å². The van der Waals surface area contributed by atoms with Crippen LogP contribution in [0.25, 0.3) is 0 Å². The second-order valence-corrected chi connectivity index (χ2v) is 7.16. The summed E-state index contributed by atoms with van der Waals surface area (Å²) in [5, 5.41) is 0. The minimum absolute atomic E-state index is 0.995. The van der Waals surface area contributed by atoms with Crippen LogP contribution in [0.2, 0.25) is 0 Å². The van der Waals surface area contributed by atoms with Crippen molar-refractivity contribution in [2.45, 2.75) is 72.1 Å². The van der Waals surface area contributed by atoms with E-state index in [2.05, 4.69) is 20.8 Å². The molecule has 0 radical (unpaired) electrons. The summed E-state index contributed by atoms with van der Waals surface area (Å²) in [4.78, 5) is 0. The van der Waals surface area contributed by atoms with Crippen LogP contribution >= 0.6 is 0 Å². The summed E-state index contributed by atoms with van der Waals surface area (Å²) in [5.41, 5.74) is 0. The Hall–Kier alpha value is 0. The predicted octanol–water partition coefficient (Wildman–Crippen LogP) is 5.28. The molecule has 0 saturated heterocycles. The minimum atomic E-state index is 0.995. The Balaban J connectivity index is 1.79. The molecule has 94 valence electrons. The Bertz CT molecular complexity index is 198. The van der Waals surface area contributed by atoms with Gasteiger partial charge in [0.2, 0.25) is 0 Å². The molecule has 0 bridgehead atoms. The highest BCUT2D eigenvalue weighted by Gasteiger charge is 2.27. The lowest BCUT2D eigenvalue weighted by Crippen LogP contribution is -2.23. The van der Waals surface area contributed by atoms with E-state index in [1.807, 2.05) is 0 Å². The van der Waals surface area contributed by atoms with Crippen LogP contribution in [0.4, 0.5) is 0 Å². The van der Waals surface area contributed by atoms with Gasteiger partial charge in [0.05, 0.1) is 0 Å². The van der Waals surface area contributed by atoms with Gasteiger partial charge >= 0.3 is 0 Å². The molecule has 2 saturated carbocycles. The second kappa shape index (κ2) is 5.56. The molecule has 2 rings (SSSR count). The molecule has 2 fully saturated rings. The quantitative estimate of drug-likeness (QED) is 0.596. The second-order valence-electron chi connectivity index (χ2n) is 7.16. The molecule has 0 heterocycles. The average molecular weight is 222 g/mol. The number of hydrogen-bond donors (Lipinski definition) is 0. The minimum Gasteiger partial charge on any atom is -0.0625 e. The summed E-state index contributed by atoms with van der Waals surface area (Å²) >= 11 is 0. The average Bonchev–Trinajstić information content (AvgIpc) is 2.15. The van der Waals surface area contributed by atoms with E-state index in [-0.39, 0.29) is 0 Å². The zero-order valence-electron chi connectivity index (χ0n) is 11.5. The SMILES string of the molecule is CC1CCCC(CC2CC(C)CC(C)C2)C1. The summed E-state index contributed by atoms with van der Waals surface area (Å²) in [6.07, 6.45) is 12.1. The van der Waals surface area contributed by atoms with E-state index in [0.29, 0.717) is 0 Å². The standard InChI is InChI=1S/C16H30/c1-12-5-4-6-15(8-12)11-16-9-13(2)7-14(3)10-16/h12-16H,4-11H2,1-3H3. The Labute approximate surface area is 102 Å². The Kier molecular flexibility index (Phi) is 4.33. The van der Waals surface area contributed by atoms with Crippen molar-refractivity contribution in [2.24, 2.45) is 29.6 Å². The molecule has 4 atom stereocenters. The van der Waals surface area contributed by atoms with Gasteiger partial charge in [-0.1, -0.05) is 40.0 Å². The molecular formula is C16H30. The van der Waals surface area contributed by atoms with Gasteiger partial charge in [-0.15, -0.1) is 0 Å². The van der Waals surface area contributed by atoms with Crippen molar-refractivity contribution in [3.05, 3.63) is 0 Å². The van der Waals surface area contributed by atoms with Crippen LogP contribution in [0, 0.1) is 29.6 Å². The fraction of sp³-hybridized carbons (Fsp3) is 1.00. The van der Waals surface area contributed by atoms with Crippen LogP contribution in [0.1, 0.15) is 72.1 Å². The zero-order valence-corrected chi connectivity index (χ0v) is 11.5. The molecule has 0 N–H and O–H groups in total. The van der Waals surface area contributed by atoms with Crippen molar-refractivity contribution in [3.63, 3.8) is 0 Å². The van der Waals surface area contributed by atoms with E-state index in [0.717, 1.165) is 29.6 Å². The van der Waals surface area contributed by atoms with Gasteiger partial charge in [-0.3, -0.25) is 0 Å². The van der Waals surface area contributed by atoms with Crippen molar-refractivity contribution in [1.82, 2.24) is 0 Å². The molecule has 0 aromatic carbocycles. The molecule has 0 aromatic rings. The van der Waals surface area contributed by atoms with Gasteiger partial charge in [0.1, 0.15) is 0 Å². The first-order chi connectivity index (χ1) is 7.63. The van der Waals surface area contributed by atoms with Gasteiger partial charge in [0.25, 0.3) is 0 Å². The van der Waals surface area contributed by atoms with Crippen LogP contribution in [0.15, 0.2) is 0 Å². The van der Waals surface area contributed by atoms with E-state index in [1.54, 1.807) is 6.42 Å². The molecule has 2 aliphatic rings. The van der Waals surface area contributed by atoms with Gasteiger partial charge in [-0.05, 0) is 61.7 Å². The smallest absolute Gasteiger partial charge is 0.0407 e. The van der Waals surface area contributed by atoms with Gasteiger partial charge in [-0.2, -0.15) is 0 Å². The van der Waals surface area contributed by atoms with E-state index in [4.69, 9.17) is 0 Å². The molecule has 0 aromatic heterocycles. The maximum atomic E-state index is 2.46. The van der Waals surface area contributed by atoms with Crippen LogP contribution in [0.3, 0.4) is 0 Å². The summed E-state index contributed by atoms with van der Waals surface area (Å²) in [6, 6.07) is 0. The third-order valence-corrected chi connectivity index (χ3v) is 4.99. The highest BCUT2D eigenvalue weighted by atomic mass is 14.3. The topological polar surface area (TPSA) is 0 Å². The largest absolute Gasteiger partial charge is 0.0625 e. The maximum Gasteiger partial charge on any atom is -0.0407 e. The van der Waals surface area contributed by atoms with Crippen molar-refractivity contribution >= 4 is 0 Å². The van der Waals surface area contributed by atoms with Crippen molar-refractivity contribution in [1.29, 1.82) is 0 Å². The van der Waals surface area contributed by atoms with Crippen LogP contribution in [-0.4, -0.2) is 0 Å². The lowest BCUT2D eigenvalue weighted by atomic mass is 9.70. The van der Waals surface area contributed by atoms with E-state index < -0.39 is 0 Å². The van der Waals surface area contributed by atoms with Gasteiger partial charge in [-0.25, -0.2) is 0 Å². The first kappa shape index (κ1) is 12.5. The normalized spacial score (nSPS) is 45.6. The first-order valence-corrected chi connectivity index (χ1v) is 7.63. The molecule has 2 aliphatic carbocycles. The molecular weight excluding hydrogens is 192 g/mol. The third-order valence-electron chi connectivity index (χ3n) is 4.99. The number of hydrogen-bond acceptors (Lipinski definition) is 0. The monoisotopic (exact) mass is 222 g/mol. The highest BCUT2D eigenvalue weighted by molar-refractivity contribution is 4.79. The van der Waals surface area contributed by atoms with E-state index >= 15 is 0 Å². The molecule has 4 unspecified atom stereocenters. The third kappa shape index (κ3) is 3.50. The van der Waals surface area contributed by atoms with Crippen LogP contribution < -0.4 is 0 Å². The summed E-state index contributed by atoms with van der Waals surface area (Å²) in [5.74, 6) is 5.14. The fourth-order valence-corrected chi connectivity index (χ4v) is 4.55. The summed E-state index contributed by atoms with van der Waals surface area (Å²) in [6.45, 7) is 7.39. The lowest BCUT2D eigenvalue weighted by Gasteiger charge is -2.35. The molecule has 16 heavy (non-hydrogen) atoms. The maximum absolute atomic E-state index is 2.46. The van der Waals surface area contributed by atoms with Crippen LogP contribution in [0.5, 0.6) is 0 Å². The summed E-state index contributed by atoms with van der Waals surface area (Å²) < 4.78 is 0. The Morgan fingerprint density at radius 3 is 1.94 bits per heavy atom. The fourth-order valence-electron chi connectivity index (χ4n) is 4.55. The molecule has 0 aliphatic heterocycles. The predicted molar refractivity (Wildman–Crippen MR) is 71.4 cm³/mol. The zero-order chi connectivity index (χ0) is 11.5. The van der Waals surface area contributed by atoms with Crippen molar-refractivity contribution in [2.75, 3.05) is 0 Å². The molecule has 0 spiro atoms. The van der Waals surface area contributed by atoms with Gasteiger partial charge < -0.3 is 0 Å². The highest BCUT2D eigenvalue weighted by Crippen LogP contribution is 2.40. The Morgan fingerprint density at radius 2 is 1.31 bits per heavy atom. The molecule has 0 amide bonds. The van der Waals surface area contributed by atoms with Crippen molar-refractivity contribution in [3.8, 4) is 0 Å². The summed E-state index contributed by atoms with van der Waals surface area (Å²) in [7, 11) is 0. The lowest BCUT2D eigenvalue weighted by molar-refractivity contribution is 0.162. The Morgan fingerprint density at radius 1 is 0.688 bits per heavy atom. The molecule has 0 nitrogen and oxygen atoms in total. The van der Waals surface area contributed by atoms with Crippen LogP contribution in [-0.2, 0) is 0 Å². The molecule has 0 heteroatoms. The van der Waals surface area contributed by atoms with Gasteiger partial charge in [0, 0.05) is 0 Å². The number of rotatable bonds is 2. The van der Waals surface area contributed by atoms with E-state index in [1.165, 1.54) is 44.9 Å². The van der Waals surface area contributed by atoms with Crippen molar-refractivity contribution < 1.29 is 0 Å². The first-order valence-electron chi connectivity index (χ1n) is 7.63.